The summed E-state index contributed by atoms with van der Waals surface area (Å²) in [4.78, 5) is 27.4. The largest absolute Gasteiger partial charge is 0.363 e. The number of amides is 1. The summed E-state index contributed by atoms with van der Waals surface area (Å²) in [6, 6.07) is 10.1. The number of carbonyl (C=O) groups is 1. The van der Waals surface area contributed by atoms with E-state index in [1.54, 1.807) is 0 Å². The maximum Gasteiger partial charge on any atom is 0.220 e. The molecule has 1 aromatic carbocycles. The lowest BCUT2D eigenvalue weighted by molar-refractivity contribution is -0.122. The van der Waals surface area contributed by atoms with Gasteiger partial charge in [0.05, 0.1) is 11.7 Å². The average Bonchev–Trinajstić information content (AvgIpc) is 3.37. The van der Waals surface area contributed by atoms with E-state index in [0.29, 0.717) is 24.6 Å². The maximum absolute atomic E-state index is 12.9. The van der Waals surface area contributed by atoms with Crippen molar-refractivity contribution in [3.8, 4) is 0 Å². The lowest BCUT2D eigenvalue weighted by atomic mass is 10.00. The van der Waals surface area contributed by atoms with Crippen LogP contribution in [-0.2, 0) is 11.2 Å². The fraction of sp³-hybridized carbons (Fsp3) is 0.458. The van der Waals surface area contributed by atoms with Crippen molar-refractivity contribution < 1.29 is 4.79 Å². The summed E-state index contributed by atoms with van der Waals surface area (Å²) >= 11 is 0. The first-order valence-electron chi connectivity index (χ1n) is 10.9. The Morgan fingerprint density at radius 2 is 2.00 bits per heavy atom. The predicted octanol–water partition coefficient (Wildman–Crippen LogP) is 4.31. The molecule has 30 heavy (non-hydrogen) atoms. The third-order valence-corrected chi connectivity index (χ3v) is 6.04. The molecule has 1 unspecified atom stereocenters. The predicted molar refractivity (Wildman–Crippen MR) is 121 cm³/mol. The second kappa shape index (κ2) is 8.86. The van der Waals surface area contributed by atoms with Crippen molar-refractivity contribution in [3.05, 3.63) is 53.6 Å². The molecule has 1 saturated carbocycles. The highest BCUT2D eigenvalue weighted by Crippen LogP contribution is 2.29. The first-order valence-corrected chi connectivity index (χ1v) is 10.9. The van der Waals surface area contributed by atoms with Gasteiger partial charge < -0.3 is 15.2 Å². The van der Waals surface area contributed by atoms with Crippen LogP contribution in [0, 0.1) is 12.8 Å². The van der Waals surface area contributed by atoms with E-state index in [1.807, 2.05) is 50.3 Å². The molecule has 3 aromatic rings. The van der Waals surface area contributed by atoms with Crippen LogP contribution in [0.1, 0.15) is 55.2 Å². The van der Waals surface area contributed by atoms with Crippen molar-refractivity contribution in [1.29, 1.82) is 0 Å². The van der Waals surface area contributed by atoms with E-state index >= 15 is 0 Å². The molecule has 4 rings (SSSR count). The summed E-state index contributed by atoms with van der Waals surface area (Å²) in [5.74, 6) is 2.20. The molecule has 2 N–H and O–H groups in total. The topological polar surface area (TPSA) is 73.9 Å². The smallest absolute Gasteiger partial charge is 0.220 e. The van der Waals surface area contributed by atoms with Gasteiger partial charge in [-0.05, 0) is 37.3 Å². The minimum atomic E-state index is -0.196. The summed E-state index contributed by atoms with van der Waals surface area (Å²) in [7, 11) is 3.94. The minimum absolute atomic E-state index is 0.120. The van der Waals surface area contributed by atoms with Crippen molar-refractivity contribution >= 4 is 22.6 Å². The number of carbonyl (C=O) groups excluding carboxylic acids is 1. The van der Waals surface area contributed by atoms with Crippen LogP contribution in [0.15, 0.2) is 36.5 Å². The normalized spacial score (nSPS) is 15.4. The highest BCUT2D eigenvalue weighted by molar-refractivity contribution is 5.83. The molecule has 1 amide bonds. The van der Waals surface area contributed by atoms with Gasteiger partial charge in [0.1, 0.15) is 11.6 Å². The Hall–Kier alpha value is -2.89. The lowest BCUT2D eigenvalue weighted by Gasteiger charge is -2.21. The van der Waals surface area contributed by atoms with Gasteiger partial charge in [0.15, 0.2) is 0 Å². The van der Waals surface area contributed by atoms with Gasteiger partial charge in [0.25, 0.3) is 0 Å². The number of nitrogens with one attached hydrogen (secondary N) is 2. The molecule has 0 radical (unpaired) electrons. The van der Waals surface area contributed by atoms with Crippen LogP contribution in [0.25, 0.3) is 10.9 Å². The SMILES string of the molecule is Cc1nc(C(Cc2c[nH]c3ccccc23)NC(=O)CC2CCCC2)cc(N(C)C)n1. The molecule has 0 spiro atoms. The molecule has 2 aromatic heterocycles. The van der Waals surface area contributed by atoms with E-state index < -0.39 is 0 Å². The van der Waals surface area contributed by atoms with Gasteiger partial charge in [-0.2, -0.15) is 0 Å². The zero-order chi connectivity index (χ0) is 21.1. The van der Waals surface area contributed by atoms with Gasteiger partial charge in [0, 0.05) is 50.1 Å². The third-order valence-electron chi connectivity index (χ3n) is 6.04. The fourth-order valence-corrected chi connectivity index (χ4v) is 4.46. The van der Waals surface area contributed by atoms with Gasteiger partial charge in [0.2, 0.25) is 5.91 Å². The molecule has 0 bridgehead atoms. The highest BCUT2D eigenvalue weighted by atomic mass is 16.1. The lowest BCUT2D eigenvalue weighted by Crippen LogP contribution is -2.32. The summed E-state index contributed by atoms with van der Waals surface area (Å²) in [6.07, 6.45) is 8.15. The van der Waals surface area contributed by atoms with E-state index in [-0.39, 0.29) is 11.9 Å². The van der Waals surface area contributed by atoms with E-state index in [4.69, 9.17) is 4.98 Å². The summed E-state index contributed by atoms with van der Waals surface area (Å²) in [5, 5.41) is 4.48. The summed E-state index contributed by atoms with van der Waals surface area (Å²) in [6.45, 7) is 1.90. The number of nitrogens with zero attached hydrogens (tertiary/aromatic N) is 3. The Labute approximate surface area is 178 Å². The van der Waals surface area contributed by atoms with E-state index in [1.165, 1.54) is 23.8 Å². The number of anilines is 1. The van der Waals surface area contributed by atoms with Gasteiger partial charge in [-0.25, -0.2) is 9.97 Å². The third kappa shape index (κ3) is 4.64. The van der Waals surface area contributed by atoms with Crippen LogP contribution in [-0.4, -0.2) is 35.0 Å². The molecule has 0 saturated heterocycles. The first-order chi connectivity index (χ1) is 14.5. The number of para-hydroxylation sites is 1. The molecule has 1 atom stereocenters. The number of aromatic nitrogens is 3. The van der Waals surface area contributed by atoms with Crippen LogP contribution in [0.2, 0.25) is 0 Å². The van der Waals surface area contributed by atoms with Gasteiger partial charge in [-0.3, -0.25) is 4.79 Å². The number of rotatable bonds is 7. The molecule has 0 aliphatic heterocycles. The zero-order valence-corrected chi connectivity index (χ0v) is 18.1. The fourth-order valence-electron chi connectivity index (χ4n) is 4.46. The molecule has 6 nitrogen and oxygen atoms in total. The maximum atomic E-state index is 12.9. The molecule has 6 heteroatoms. The van der Waals surface area contributed by atoms with E-state index in [2.05, 4.69) is 27.4 Å². The Kier molecular flexibility index (Phi) is 6.02. The average molecular weight is 406 g/mol. The van der Waals surface area contributed by atoms with Crippen LogP contribution in [0.3, 0.4) is 0 Å². The van der Waals surface area contributed by atoms with E-state index in [0.717, 1.165) is 29.9 Å². The summed E-state index contributed by atoms with van der Waals surface area (Å²) < 4.78 is 0. The zero-order valence-electron chi connectivity index (χ0n) is 18.1. The molecule has 1 aliphatic rings. The van der Waals surface area contributed by atoms with Gasteiger partial charge >= 0.3 is 0 Å². The second-order valence-electron chi connectivity index (χ2n) is 8.63. The Bertz CT molecular complexity index is 1020. The van der Waals surface area contributed by atoms with Crippen molar-refractivity contribution in [2.24, 2.45) is 5.92 Å². The first kappa shape index (κ1) is 20.4. The van der Waals surface area contributed by atoms with Crippen LogP contribution >= 0.6 is 0 Å². The van der Waals surface area contributed by atoms with Crippen molar-refractivity contribution in [3.63, 3.8) is 0 Å². The number of fused-ring (bicyclic) bond motifs is 1. The number of aromatic amines is 1. The Morgan fingerprint density at radius 3 is 2.77 bits per heavy atom. The Morgan fingerprint density at radius 1 is 1.23 bits per heavy atom. The van der Waals surface area contributed by atoms with Gasteiger partial charge in [-0.1, -0.05) is 31.0 Å². The van der Waals surface area contributed by atoms with Crippen LogP contribution in [0.4, 0.5) is 5.82 Å². The molecule has 1 aliphatic carbocycles. The standard InChI is InChI=1S/C24H31N5O/c1-16-26-22(14-23(27-16)29(2)3)21(28-24(30)12-17-8-4-5-9-17)13-18-15-25-20-11-7-6-10-19(18)20/h6-7,10-11,14-15,17,21,25H,4-5,8-9,12-13H2,1-3H3,(H,28,30). The Balaban J connectivity index is 1.63. The van der Waals surface area contributed by atoms with E-state index in [9.17, 15) is 4.79 Å². The molecule has 1 fully saturated rings. The van der Waals surface area contributed by atoms with Crippen molar-refractivity contribution in [1.82, 2.24) is 20.3 Å². The second-order valence-corrected chi connectivity index (χ2v) is 8.63. The highest BCUT2D eigenvalue weighted by Gasteiger charge is 2.23. The molecule has 2 heterocycles. The summed E-state index contributed by atoms with van der Waals surface area (Å²) in [5.41, 5.74) is 3.15. The molecular weight excluding hydrogens is 374 g/mol. The number of hydrogen-bond donors (Lipinski definition) is 2. The molecular formula is C24H31N5O. The monoisotopic (exact) mass is 405 g/mol. The quantitative estimate of drug-likeness (QED) is 0.614. The van der Waals surface area contributed by atoms with Gasteiger partial charge in [-0.15, -0.1) is 0 Å². The van der Waals surface area contributed by atoms with Crippen LogP contribution < -0.4 is 10.2 Å². The van der Waals surface area contributed by atoms with Crippen molar-refractivity contribution in [2.75, 3.05) is 19.0 Å². The number of hydrogen-bond acceptors (Lipinski definition) is 4. The number of H-pyrrole nitrogens is 1. The van der Waals surface area contributed by atoms with Crippen molar-refractivity contribution in [2.45, 2.75) is 51.5 Å². The molecule has 158 valence electrons. The minimum Gasteiger partial charge on any atom is -0.363 e. The number of benzene rings is 1. The number of aryl methyl sites for hydroxylation is 1. The van der Waals surface area contributed by atoms with Crippen LogP contribution in [0.5, 0.6) is 0 Å².